The lowest BCUT2D eigenvalue weighted by Crippen LogP contribution is -2.36. The van der Waals surface area contributed by atoms with Gasteiger partial charge in [-0.15, -0.1) is 0 Å². The Morgan fingerprint density at radius 2 is 0.720 bits per heavy atom. The van der Waals surface area contributed by atoms with Crippen molar-refractivity contribution in [3.63, 3.8) is 0 Å². The van der Waals surface area contributed by atoms with Crippen LogP contribution >= 0.6 is 0 Å². The van der Waals surface area contributed by atoms with Crippen molar-refractivity contribution in [3.8, 4) is 11.4 Å². The van der Waals surface area contributed by atoms with Gasteiger partial charge in [0.2, 0.25) is 0 Å². The van der Waals surface area contributed by atoms with Gasteiger partial charge in [0.15, 0.2) is 6.17 Å². The summed E-state index contributed by atoms with van der Waals surface area (Å²) in [5, 5.41) is 8.45. The molecule has 0 bridgehead atoms. The third-order valence-corrected chi connectivity index (χ3v) is 9.73. The summed E-state index contributed by atoms with van der Waals surface area (Å²) in [4.78, 5) is 10.6. The average Bonchev–Trinajstić information content (AvgIpc) is 3.71. The second-order valence-corrected chi connectivity index (χ2v) is 12.7. The van der Waals surface area contributed by atoms with Crippen LogP contribution in [-0.2, 0) is 0 Å². The molecular formula is C45H31N5. The Morgan fingerprint density at radius 3 is 1.10 bits per heavy atom. The van der Waals surface area contributed by atoms with Crippen LogP contribution in [0, 0.1) is 0 Å². The van der Waals surface area contributed by atoms with Crippen LogP contribution < -0.4 is 5.32 Å². The number of amidine groups is 2. The van der Waals surface area contributed by atoms with E-state index in [9.17, 15) is 0 Å². The molecule has 7 aromatic carbocycles. The first kappa shape index (κ1) is 28.3. The molecule has 0 fully saturated rings. The van der Waals surface area contributed by atoms with Crippen LogP contribution in [0.25, 0.3) is 55.0 Å². The molecule has 0 spiro atoms. The molecule has 3 heterocycles. The zero-order valence-corrected chi connectivity index (χ0v) is 27.1. The second kappa shape index (κ2) is 11.5. The smallest absolute Gasteiger partial charge is 0.169 e. The first-order chi connectivity index (χ1) is 24.8. The number of hydrogen-bond donors (Lipinski definition) is 1. The Hall–Kier alpha value is -6.72. The normalized spacial score (nSPS) is 13.5. The number of aromatic nitrogens is 2. The number of rotatable bonds is 5. The highest BCUT2D eigenvalue weighted by molar-refractivity contribution is 6.16. The van der Waals surface area contributed by atoms with Gasteiger partial charge in [0, 0.05) is 49.6 Å². The van der Waals surface area contributed by atoms with Gasteiger partial charge in [-0.25, -0.2) is 9.98 Å². The van der Waals surface area contributed by atoms with Crippen LogP contribution in [0.15, 0.2) is 186 Å². The Balaban J connectivity index is 1.28. The van der Waals surface area contributed by atoms with Crippen LogP contribution in [-0.4, -0.2) is 20.8 Å². The number of fused-ring (bicyclic) bond motifs is 6. The molecule has 1 aliphatic rings. The van der Waals surface area contributed by atoms with Crippen molar-refractivity contribution in [2.75, 3.05) is 0 Å². The van der Waals surface area contributed by atoms with Crippen molar-refractivity contribution >= 4 is 55.3 Å². The zero-order valence-electron chi connectivity index (χ0n) is 27.1. The molecule has 0 aliphatic carbocycles. The van der Waals surface area contributed by atoms with E-state index in [1.54, 1.807) is 0 Å². The van der Waals surface area contributed by atoms with Gasteiger partial charge in [0.1, 0.15) is 11.7 Å². The maximum Gasteiger partial charge on any atom is 0.169 e. The van der Waals surface area contributed by atoms with Crippen LogP contribution in [0.5, 0.6) is 0 Å². The summed E-state index contributed by atoms with van der Waals surface area (Å²) in [5.74, 6) is 1.59. The van der Waals surface area contributed by atoms with E-state index in [0.29, 0.717) is 0 Å². The first-order valence-corrected chi connectivity index (χ1v) is 17.0. The average molecular weight is 642 g/mol. The summed E-state index contributed by atoms with van der Waals surface area (Å²) in [6.07, 6.45) is -0.485. The van der Waals surface area contributed by atoms with Crippen molar-refractivity contribution in [1.29, 1.82) is 0 Å². The number of aliphatic imine (C=N–C) groups is 2. The van der Waals surface area contributed by atoms with E-state index < -0.39 is 6.17 Å². The van der Waals surface area contributed by atoms with Crippen LogP contribution in [0.2, 0.25) is 0 Å². The standard InChI is InChI=1S/C45H31N5/c1-3-15-30(16-4-1)43-46-44(31-17-5-2-6-18-31)48-45(47-43)32-27-33(49-39-23-11-7-19-35(39)36-20-8-12-24-40(36)49)29-34(28-32)50-41-25-13-9-21-37(41)38-22-10-14-26-42(38)50/h1-29,45H,(H,46,47,48). The van der Waals surface area contributed by atoms with Gasteiger partial charge >= 0.3 is 0 Å². The maximum absolute atomic E-state index is 5.29. The highest BCUT2D eigenvalue weighted by atomic mass is 15.2. The Bertz CT molecular complexity index is 2490. The molecule has 0 atom stereocenters. The van der Waals surface area contributed by atoms with Crippen LogP contribution in [0.1, 0.15) is 22.9 Å². The Morgan fingerprint density at radius 1 is 0.380 bits per heavy atom. The number of para-hydroxylation sites is 4. The molecule has 0 unspecified atom stereocenters. The Kier molecular flexibility index (Phi) is 6.49. The van der Waals surface area contributed by atoms with Crippen LogP contribution in [0.4, 0.5) is 0 Å². The van der Waals surface area contributed by atoms with Crippen molar-refractivity contribution in [2.45, 2.75) is 6.17 Å². The van der Waals surface area contributed by atoms with E-state index in [1.807, 2.05) is 36.4 Å². The monoisotopic (exact) mass is 641 g/mol. The van der Waals surface area contributed by atoms with Crippen molar-refractivity contribution in [1.82, 2.24) is 14.5 Å². The molecule has 5 nitrogen and oxygen atoms in total. The molecular weight excluding hydrogens is 611 g/mol. The van der Waals surface area contributed by atoms with E-state index in [0.717, 1.165) is 61.8 Å². The third-order valence-electron chi connectivity index (χ3n) is 9.73. The highest BCUT2D eigenvalue weighted by Gasteiger charge is 2.23. The number of hydrogen-bond acceptors (Lipinski definition) is 3. The highest BCUT2D eigenvalue weighted by Crippen LogP contribution is 2.38. The molecule has 1 aliphatic heterocycles. The van der Waals surface area contributed by atoms with Gasteiger partial charge in [-0.2, -0.15) is 0 Å². The van der Waals surface area contributed by atoms with Crippen LogP contribution in [0.3, 0.4) is 0 Å². The fourth-order valence-corrected chi connectivity index (χ4v) is 7.51. The van der Waals surface area contributed by atoms with E-state index in [2.05, 4.69) is 154 Å². The topological polar surface area (TPSA) is 46.6 Å². The van der Waals surface area contributed by atoms with Gasteiger partial charge < -0.3 is 14.5 Å². The molecule has 0 radical (unpaired) electrons. The Labute approximate surface area is 289 Å². The lowest BCUT2D eigenvalue weighted by atomic mass is 10.1. The summed E-state index contributed by atoms with van der Waals surface area (Å²) >= 11 is 0. The van der Waals surface area contributed by atoms with Crippen molar-refractivity contribution in [2.24, 2.45) is 9.98 Å². The predicted molar refractivity (Wildman–Crippen MR) is 207 cm³/mol. The molecule has 0 amide bonds. The summed E-state index contributed by atoms with van der Waals surface area (Å²) in [6.45, 7) is 0. The van der Waals surface area contributed by atoms with Crippen molar-refractivity contribution in [3.05, 3.63) is 193 Å². The summed E-state index contributed by atoms with van der Waals surface area (Å²) in [5.41, 5.74) is 9.79. The van der Waals surface area contributed by atoms with Gasteiger partial charge in [0.05, 0.1) is 22.1 Å². The number of nitrogens with zero attached hydrogens (tertiary/aromatic N) is 4. The molecule has 0 saturated carbocycles. The molecule has 9 aromatic rings. The van der Waals surface area contributed by atoms with Gasteiger partial charge in [-0.1, -0.05) is 133 Å². The molecule has 10 rings (SSSR count). The van der Waals surface area contributed by atoms with Gasteiger partial charge in [-0.3, -0.25) is 0 Å². The van der Waals surface area contributed by atoms with E-state index >= 15 is 0 Å². The summed E-state index contributed by atoms with van der Waals surface area (Å²) < 4.78 is 4.77. The molecule has 236 valence electrons. The molecule has 50 heavy (non-hydrogen) atoms. The predicted octanol–water partition coefficient (Wildman–Crippen LogP) is 10.4. The molecule has 1 N–H and O–H groups in total. The fraction of sp³-hybridized carbons (Fsp3) is 0.0222. The minimum Gasteiger partial charge on any atom is -0.324 e. The first-order valence-electron chi connectivity index (χ1n) is 17.0. The third kappa shape index (κ3) is 4.55. The van der Waals surface area contributed by atoms with Gasteiger partial charge in [0.25, 0.3) is 0 Å². The van der Waals surface area contributed by atoms with E-state index in [1.165, 1.54) is 21.5 Å². The lowest BCUT2D eigenvalue weighted by molar-refractivity contribution is 0.754. The quantitative estimate of drug-likeness (QED) is 0.200. The number of nitrogens with one attached hydrogen (secondary N) is 1. The fourth-order valence-electron chi connectivity index (χ4n) is 7.51. The van der Waals surface area contributed by atoms with Crippen molar-refractivity contribution < 1.29 is 0 Å². The molecule has 5 heteroatoms. The lowest BCUT2D eigenvalue weighted by Gasteiger charge is -2.23. The van der Waals surface area contributed by atoms with E-state index in [4.69, 9.17) is 9.98 Å². The maximum atomic E-state index is 5.29. The summed E-state index contributed by atoms with van der Waals surface area (Å²) in [7, 11) is 0. The molecule has 0 saturated heterocycles. The minimum absolute atomic E-state index is 0.485. The largest absolute Gasteiger partial charge is 0.324 e. The van der Waals surface area contributed by atoms with E-state index in [-0.39, 0.29) is 0 Å². The zero-order chi connectivity index (χ0) is 33.0. The SMILES string of the molecule is c1ccc(C2=NC(c3cc(-n4c5ccccc5c5ccccc54)cc(-n4c5ccccc5c5ccccc54)c3)N=C(c3ccccc3)N2)cc1. The minimum atomic E-state index is -0.485. The molecule has 2 aromatic heterocycles. The summed E-state index contributed by atoms with van der Waals surface area (Å²) in [6, 6.07) is 62.1. The second-order valence-electron chi connectivity index (χ2n) is 12.7. The number of benzene rings is 7. The van der Waals surface area contributed by atoms with Gasteiger partial charge in [-0.05, 0) is 42.5 Å².